The van der Waals surface area contributed by atoms with Crippen LogP contribution in [-0.2, 0) is 14.3 Å². The molecule has 1 fully saturated rings. The quantitative estimate of drug-likeness (QED) is 0.417. The van der Waals surface area contributed by atoms with Gasteiger partial charge in [0, 0.05) is 49.2 Å². The number of anilines is 2. The van der Waals surface area contributed by atoms with Crippen molar-refractivity contribution < 1.29 is 14.3 Å². The van der Waals surface area contributed by atoms with E-state index in [0.717, 1.165) is 18.8 Å². The van der Waals surface area contributed by atoms with Crippen LogP contribution in [0.15, 0.2) is 54.2 Å². The van der Waals surface area contributed by atoms with Crippen LogP contribution in [0.4, 0.5) is 11.4 Å². The van der Waals surface area contributed by atoms with Gasteiger partial charge in [-0.05, 0) is 74.6 Å². The highest BCUT2D eigenvalue weighted by Gasteiger charge is 2.38. The van der Waals surface area contributed by atoms with Crippen LogP contribution in [0.3, 0.4) is 0 Å². The number of piperidine rings is 1. The van der Waals surface area contributed by atoms with Gasteiger partial charge in [-0.25, -0.2) is 0 Å². The summed E-state index contributed by atoms with van der Waals surface area (Å²) in [7, 11) is 0. The fourth-order valence-electron chi connectivity index (χ4n) is 4.30. The molecule has 0 radical (unpaired) electrons. The Kier molecular flexibility index (Phi) is 7.68. The van der Waals surface area contributed by atoms with Gasteiger partial charge in [0.25, 0.3) is 11.8 Å². The van der Waals surface area contributed by atoms with Crippen molar-refractivity contribution in [1.82, 2.24) is 4.90 Å². The Labute approximate surface area is 200 Å². The molecule has 2 amide bonds. The molecule has 0 aromatic heterocycles. The Morgan fingerprint density at radius 1 is 0.939 bits per heavy atom. The lowest BCUT2D eigenvalue weighted by Crippen LogP contribution is -2.34. The number of carbonyl (C=O) groups is 2. The van der Waals surface area contributed by atoms with Gasteiger partial charge in [-0.2, -0.15) is 0 Å². The first kappa shape index (κ1) is 23.3. The van der Waals surface area contributed by atoms with E-state index in [0.29, 0.717) is 48.0 Å². The van der Waals surface area contributed by atoms with Crippen LogP contribution in [0.25, 0.3) is 5.57 Å². The van der Waals surface area contributed by atoms with Crippen LogP contribution in [0, 0.1) is 0 Å². The molecule has 174 valence electrons. The molecular weight excluding hydrogens is 438 g/mol. The molecule has 0 aliphatic carbocycles. The third-order valence-electron chi connectivity index (χ3n) is 6.03. The smallest absolute Gasteiger partial charge is 0.278 e. The molecule has 4 rings (SSSR count). The highest BCUT2D eigenvalue weighted by Crippen LogP contribution is 2.32. The van der Waals surface area contributed by atoms with E-state index in [2.05, 4.69) is 22.3 Å². The van der Waals surface area contributed by atoms with Crippen LogP contribution in [-0.4, -0.2) is 49.6 Å². The summed E-state index contributed by atoms with van der Waals surface area (Å²) in [5.41, 5.74) is 3.28. The fourth-order valence-corrected chi connectivity index (χ4v) is 4.43. The van der Waals surface area contributed by atoms with Crippen LogP contribution < -0.4 is 10.2 Å². The number of hydrogen-bond donors (Lipinski definition) is 1. The number of rotatable bonds is 9. The molecule has 2 aromatic carbocycles. The highest BCUT2D eigenvalue weighted by molar-refractivity contribution is 6.36. The number of nitrogens with zero attached hydrogens (tertiary/aromatic N) is 2. The highest BCUT2D eigenvalue weighted by atomic mass is 35.5. The molecule has 33 heavy (non-hydrogen) atoms. The van der Waals surface area contributed by atoms with Crippen molar-refractivity contribution >= 4 is 40.4 Å². The lowest BCUT2D eigenvalue weighted by Gasteiger charge is -2.28. The second-order valence-electron chi connectivity index (χ2n) is 8.29. The van der Waals surface area contributed by atoms with Crippen LogP contribution in [0.5, 0.6) is 0 Å². The second kappa shape index (κ2) is 10.9. The number of carbonyl (C=O) groups excluding carboxylic acids is 2. The van der Waals surface area contributed by atoms with Gasteiger partial charge in [-0.3, -0.25) is 14.5 Å². The van der Waals surface area contributed by atoms with Crippen molar-refractivity contribution in [2.75, 3.05) is 43.1 Å². The Balaban J connectivity index is 1.58. The molecule has 0 unspecified atom stereocenters. The minimum atomic E-state index is -0.318. The lowest BCUT2D eigenvalue weighted by molar-refractivity contribution is -0.137. The molecule has 1 saturated heterocycles. The van der Waals surface area contributed by atoms with Crippen LogP contribution in [0.2, 0.25) is 5.02 Å². The van der Waals surface area contributed by atoms with E-state index in [1.807, 2.05) is 19.1 Å². The van der Waals surface area contributed by atoms with Crippen molar-refractivity contribution in [2.45, 2.75) is 32.6 Å². The number of hydrogen-bond acceptors (Lipinski definition) is 5. The maximum Gasteiger partial charge on any atom is 0.278 e. The van der Waals surface area contributed by atoms with E-state index in [-0.39, 0.29) is 11.8 Å². The van der Waals surface area contributed by atoms with E-state index in [1.54, 1.807) is 24.3 Å². The molecule has 1 N–H and O–H groups in total. The minimum Gasteiger partial charge on any atom is -0.382 e. The predicted molar refractivity (Wildman–Crippen MR) is 132 cm³/mol. The number of halogens is 1. The zero-order valence-corrected chi connectivity index (χ0v) is 19.7. The summed E-state index contributed by atoms with van der Waals surface area (Å²) in [4.78, 5) is 30.2. The minimum absolute atomic E-state index is 0.296. The molecule has 0 bridgehead atoms. The molecule has 0 saturated carbocycles. The number of benzene rings is 2. The maximum absolute atomic E-state index is 13.3. The summed E-state index contributed by atoms with van der Waals surface area (Å²) in [6.07, 6.45) is 4.31. The first-order chi connectivity index (χ1) is 16.1. The van der Waals surface area contributed by atoms with E-state index in [4.69, 9.17) is 16.3 Å². The van der Waals surface area contributed by atoms with Crippen molar-refractivity contribution in [3.05, 3.63) is 64.8 Å². The first-order valence-corrected chi connectivity index (χ1v) is 12.0. The normalized spacial score (nSPS) is 16.7. The molecule has 0 spiro atoms. The molecule has 2 aliphatic heterocycles. The van der Waals surface area contributed by atoms with Gasteiger partial charge in [-0.1, -0.05) is 23.7 Å². The number of amides is 2. The van der Waals surface area contributed by atoms with Crippen molar-refractivity contribution in [3.8, 4) is 0 Å². The monoisotopic (exact) mass is 467 g/mol. The summed E-state index contributed by atoms with van der Waals surface area (Å²) < 4.78 is 5.37. The van der Waals surface area contributed by atoms with Gasteiger partial charge >= 0.3 is 0 Å². The van der Waals surface area contributed by atoms with Crippen LogP contribution in [0.1, 0.15) is 38.2 Å². The second-order valence-corrected chi connectivity index (χ2v) is 8.73. The van der Waals surface area contributed by atoms with Crippen LogP contribution >= 0.6 is 11.6 Å². The van der Waals surface area contributed by atoms with Gasteiger partial charge in [0.2, 0.25) is 0 Å². The van der Waals surface area contributed by atoms with Crippen molar-refractivity contribution in [3.63, 3.8) is 0 Å². The fraction of sp³-hybridized carbons (Fsp3) is 0.385. The topological polar surface area (TPSA) is 61.9 Å². The third kappa shape index (κ3) is 5.40. The maximum atomic E-state index is 13.3. The Hall–Kier alpha value is -2.83. The van der Waals surface area contributed by atoms with E-state index >= 15 is 0 Å². The average Bonchev–Trinajstić information content (AvgIpc) is 3.07. The van der Waals surface area contributed by atoms with E-state index < -0.39 is 0 Å². The SMILES string of the molecule is CCOCCCN1C(=O)C(Nc2ccc(N3CCCCC3)cc2)=C(c2ccc(Cl)cc2)C1=O. The Morgan fingerprint density at radius 2 is 1.64 bits per heavy atom. The van der Waals surface area contributed by atoms with Crippen molar-refractivity contribution in [2.24, 2.45) is 0 Å². The zero-order chi connectivity index (χ0) is 23.2. The third-order valence-corrected chi connectivity index (χ3v) is 6.29. The summed E-state index contributed by atoms with van der Waals surface area (Å²) in [6, 6.07) is 15.1. The summed E-state index contributed by atoms with van der Waals surface area (Å²) >= 11 is 6.04. The molecule has 7 heteroatoms. The average molecular weight is 468 g/mol. The van der Waals surface area contributed by atoms with Crippen molar-refractivity contribution in [1.29, 1.82) is 0 Å². The van der Waals surface area contributed by atoms with Gasteiger partial charge < -0.3 is 15.0 Å². The molecule has 6 nitrogen and oxygen atoms in total. The van der Waals surface area contributed by atoms with Gasteiger partial charge in [0.1, 0.15) is 5.70 Å². The molecular formula is C26H30ClN3O3. The van der Waals surface area contributed by atoms with Gasteiger partial charge in [0.05, 0.1) is 5.57 Å². The van der Waals surface area contributed by atoms with Gasteiger partial charge in [-0.15, -0.1) is 0 Å². The van der Waals surface area contributed by atoms with E-state index in [1.165, 1.54) is 29.8 Å². The lowest BCUT2D eigenvalue weighted by atomic mass is 10.0. The number of imide groups is 1. The van der Waals surface area contributed by atoms with Gasteiger partial charge in [0.15, 0.2) is 0 Å². The zero-order valence-electron chi connectivity index (χ0n) is 19.0. The Bertz CT molecular complexity index is 1010. The molecule has 2 aliphatic rings. The molecule has 2 aromatic rings. The first-order valence-electron chi connectivity index (χ1n) is 11.6. The van der Waals surface area contributed by atoms with E-state index in [9.17, 15) is 9.59 Å². The standard InChI is InChI=1S/C26H30ClN3O3/c1-2-33-18-6-17-30-25(31)23(19-7-9-20(27)10-8-19)24(26(30)32)28-21-11-13-22(14-12-21)29-15-4-3-5-16-29/h7-14,28H,2-6,15-18H2,1H3. The molecule has 0 atom stereocenters. The summed E-state index contributed by atoms with van der Waals surface area (Å²) in [5.74, 6) is -0.618. The number of nitrogens with one attached hydrogen (secondary N) is 1. The number of ether oxygens (including phenoxy) is 1. The summed E-state index contributed by atoms with van der Waals surface area (Å²) in [5, 5.41) is 3.81. The Morgan fingerprint density at radius 3 is 2.30 bits per heavy atom. The summed E-state index contributed by atoms with van der Waals surface area (Å²) in [6.45, 7) is 5.49. The largest absolute Gasteiger partial charge is 0.382 e. The molecule has 2 heterocycles. The predicted octanol–water partition coefficient (Wildman–Crippen LogP) is 4.95.